The van der Waals surface area contributed by atoms with E-state index in [1.165, 1.54) is 24.3 Å². The van der Waals surface area contributed by atoms with Crippen LogP contribution in [0.25, 0.3) is 0 Å². The van der Waals surface area contributed by atoms with Crippen molar-refractivity contribution in [2.24, 2.45) is 0 Å². The average molecular weight is 339 g/mol. The van der Waals surface area contributed by atoms with E-state index < -0.39 is 4.92 Å². The number of halogens is 2. The summed E-state index contributed by atoms with van der Waals surface area (Å²) < 4.78 is 14.0. The van der Waals surface area contributed by atoms with Crippen molar-refractivity contribution >= 4 is 27.3 Å². The summed E-state index contributed by atoms with van der Waals surface area (Å²) in [6, 6.07) is 10.6. The number of hydrogen-bond acceptors (Lipinski definition) is 3. The van der Waals surface area contributed by atoms with Gasteiger partial charge in [0.15, 0.2) is 0 Å². The SMILES string of the molecule is CC(Nc1cc(F)ccc1Br)c1ccc([N+](=O)[O-])cc1. The van der Waals surface area contributed by atoms with Gasteiger partial charge in [-0.05, 0) is 46.6 Å². The third-order valence-electron chi connectivity index (χ3n) is 2.90. The lowest BCUT2D eigenvalue weighted by molar-refractivity contribution is -0.384. The van der Waals surface area contributed by atoms with Crippen LogP contribution in [-0.4, -0.2) is 4.92 Å². The Labute approximate surface area is 123 Å². The van der Waals surface area contributed by atoms with Crippen molar-refractivity contribution in [3.63, 3.8) is 0 Å². The molecule has 0 amide bonds. The maximum absolute atomic E-state index is 13.2. The molecule has 2 rings (SSSR count). The first-order chi connectivity index (χ1) is 9.47. The first kappa shape index (κ1) is 14.5. The minimum absolute atomic E-state index is 0.0490. The maximum Gasteiger partial charge on any atom is 0.269 e. The van der Waals surface area contributed by atoms with Crippen molar-refractivity contribution in [1.29, 1.82) is 0 Å². The molecular weight excluding hydrogens is 327 g/mol. The first-order valence-corrected chi connectivity index (χ1v) is 6.72. The Hall–Kier alpha value is -1.95. The molecule has 1 atom stereocenters. The minimum atomic E-state index is -0.439. The first-order valence-electron chi connectivity index (χ1n) is 5.93. The molecule has 0 radical (unpaired) electrons. The van der Waals surface area contributed by atoms with E-state index in [-0.39, 0.29) is 17.5 Å². The van der Waals surface area contributed by atoms with E-state index in [9.17, 15) is 14.5 Å². The Bertz CT molecular complexity index is 632. The van der Waals surface area contributed by atoms with Gasteiger partial charge < -0.3 is 5.32 Å². The summed E-state index contributed by atoms with van der Waals surface area (Å²) in [6.45, 7) is 1.90. The molecule has 0 aliphatic heterocycles. The maximum atomic E-state index is 13.2. The molecular formula is C14H12BrFN2O2. The number of non-ortho nitro benzene ring substituents is 1. The highest BCUT2D eigenvalue weighted by molar-refractivity contribution is 9.10. The van der Waals surface area contributed by atoms with Gasteiger partial charge in [-0.15, -0.1) is 0 Å². The van der Waals surface area contributed by atoms with Crippen LogP contribution in [0.5, 0.6) is 0 Å². The Kier molecular flexibility index (Phi) is 4.34. The van der Waals surface area contributed by atoms with Crippen molar-refractivity contribution < 1.29 is 9.31 Å². The summed E-state index contributed by atoms with van der Waals surface area (Å²) in [7, 11) is 0. The molecule has 2 aromatic rings. The van der Waals surface area contributed by atoms with Crippen molar-refractivity contribution in [3.8, 4) is 0 Å². The van der Waals surface area contributed by atoms with Crippen LogP contribution < -0.4 is 5.32 Å². The van der Waals surface area contributed by atoms with Crippen molar-refractivity contribution in [2.45, 2.75) is 13.0 Å². The molecule has 0 bridgehead atoms. The molecule has 0 aromatic heterocycles. The largest absolute Gasteiger partial charge is 0.378 e. The fourth-order valence-corrected chi connectivity index (χ4v) is 2.17. The number of nitro benzene ring substituents is 1. The zero-order valence-corrected chi connectivity index (χ0v) is 12.2. The van der Waals surface area contributed by atoms with E-state index in [0.29, 0.717) is 5.69 Å². The summed E-state index contributed by atoms with van der Waals surface area (Å²) in [5.74, 6) is -0.327. The lowest BCUT2D eigenvalue weighted by Crippen LogP contribution is -2.07. The fraction of sp³-hybridized carbons (Fsp3) is 0.143. The predicted octanol–water partition coefficient (Wildman–Crippen LogP) is 4.67. The quantitative estimate of drug-likeness (QED) is 0.651. The van der Waals surface area contributed by atoms with E-state index in [0.717, 1.165) is 10.0 Å². The molecule has 0 aliphatic rings. The summed E-state index contributed by atoms with van der Waals surface area (Å²) in [5, 5.41) is 13.8. The topological polar surface area (TPSA) is 55.2 Å². The fourth-order valence-electron chi connectivity index (χ4n) is 1.81. The summed E-state index contributed by atoms with van der Waals surface area (Å²) in [5.41, 5.74) is 1.57. The average Bonchev–Trinajstić information content (AvgIpc) is 2.43. The highest BCUT2D eigenvalue weighted by Gasteiger charge is 2.10. The Balaban J connectivity index is 2.17. The monoisotopic (exact) mass is 338 g/mol. The number of nitro groups is 1. The van der Waals surface area contributed by atoms with Crippen LogP contribution >= 0.6 is 15.9 Å². The van der Waals surface area contributed by atoms with Gasteiger partial charge in [0.05, 0.1) is 10.6 Å². The van der Waals surface area contributed by atoms with Gasteiger partial charge in [0.25, 0.3) is 5.69 Å². The Morgan fingerprint density at radius 2 is 1.90 bits per heavy atom. The van der Waals surface area contributed by atoms with Crippen LogP contribution in [-0.2, 0) is 0 Å². The smallest absolute Gasteiger partial charge is 0.269 e. The zero-order valence-electron chi connectivity index (χ0n) is 10.6. The highest BCUT2D eigenvalue weighted by atomic mass is 79.9. The predicted molar refractivity (Wildman–Crippen MR) is 79.2 cm³/mol. The molecule has 104 valence electrons. The molecule has 2 aromatic carbocycles. The van der Waals surface area contributed by atoms with Gasteiger partial charge in [0.1, 0.15) is 5.82 Å². The molecule has 4 nitrogen and oxygen atoms in total. The number of rotatable bonds is 4. The molecule has 1 unspecified atom stereocenters. The van der Waals surface area contributed by atoms with Gasteiger partial charge in [-0.2, -0.15) is 0 Å². The molecule has 20 heavy (non-hydrogen) atoms. The van der Waals surface area contributed by atoms with Crippen LogP contribution in [0, 0.1) is 15.9 Å². The van der Waals surface area contributed by atoms with Crippen molar-refractivity contribution in [3.05, 3.63) is 68.4 Å². The van der Waals surface area contributed by atoms with Crippen LogP contribution in [0.15, 0.2) is 46.9 Å². The third kappa shape index (κ3) is 3.33. The third-order valence-corrected chi connectivity index (χ3v) is 3.60. The van der Waals surface area contributed by atoms with E-state index in [4.69, 9.17) is 0 Å². The van der Waals surface area contributed by atoms with Gasteiger partial charge in [-0.25, -0.2) is 4.39 Å². The van der Waals surface area contributed by atoms with E-state index in [1.807, 2.05) is 6.92 Å². The minimum Gasteiger partial charge on any atom is -0.378 e. The second-order valence-corrected chi connectivity index (χ2v) is 5.19. The molecule has 0 saturated heterocycles. The number of hydrogen-bond donors (Lipinski definition) is 1. The zero-order chi connectivity index (χ0) is 14.7. The number of anilines is 1. The van der Waals surface area contributed by atoms with E-state index in [2.05, 4.69) is 21.2 Å². The summed E-state index contributed by atoms with van der Waals surface area (Å²) in [6.07, 6.45) is 0. The molecule has 0 aliphatic carbocycles. The summed E-state index contributed by atoms with van der Waals surface area (Å²) >= 11 is 3.34. The number of nitrogens with one attached hydrogen (secondary N) is 1. The molecule has 0 heterocycles. The molecule has 0 saturated carbocycles. The van der Waals surface area contributed by atoms with Crippen LogP contribution in [0.3, 0.4) is 0 Å². The van der Waals surface area contributed by atoms with E-state index >= 15 is 0 Å². The number of benzene rings is 2. The van der Waals surface area contributed by atoms with Crippen LogP contribution in [0.2, 0.25) is 0 Å². The number of nitrogens with zero attached hydrogens (tertiary/aromatic N) is 1. The lowest BCUT2D eigenvalue weighted by atomic mass is 10.1. The molecule has 1 N–H and O–H groups in total. The molecule has 0 fully saturated rings. The second-order valence-electron chi connectivity index (χ2n) is 4.34. The molecule has 0 spiro atoms. The van der Waals surface area contributed by atoms with Gasteiger partial charge in [-0.1, -0.05) is 12.1 Å². The van der Waals surface area contributed by atoms with E-state index in [1.54, 1.807) is 18.2 Å². The Morgan fingerprint density at radius 1 is 1.25 bits per heavy atom. The normalized spacial score (nSPS) is 11.9. The van der Waals surface area contributed by atoms with Gasteiger partial charge in [0.2, 0.25) is 0 Å². The van der Waals surface area contributed by atoms with Crippen molar-refractivity contribution in [2.75, 3.05) is 5.32 Å². The molecule has 6 heteroatoms. The van der Waals surface area contributed by atoms with Gasteiger partial charge in [-0.3, -0.25) is 10.1 Å². The summed E-state index contributed by atoms with van der Waals surface area (Å²) in [4.78, 5) is 10.2. The standard InChI is InChI=1S/C14H12BrFN2O2/c1-9(10-2-5-12(6-3-10)18(19)20)17-14-8-11(16)4-7-13(14)15/h2-9,17H,1H3. The highest BCUT2D eigenvalue weighted by Crippen LogP contribution is 2.27. The van der Waals surface area contributed by atoms with Crippen LogP contribution in [0.1, 0.15) is 18.5 Å². The van der Waals surface area contributed by atoms with Crippen LogP contribution in [0.4, 0.5) is 15.8 Å². The second kappa shape index (κ2) is 6.00. The van der Waals surface area contributed by atoms with Crippen molar-refractivity contribution in [1.82, 2.24) is 0 Å². The lowest BCUT2D eigenvalue weighted by Gasteiger charge is -2.16. The Morgan fingerprint density at radius 3 is 2.50 bits per heavy atom. The van der Waals surface area contributed by atoms with Gasteiger partial charge >= 0.3 is 0 Å². The van der Waals surface area contributed by atoms with Gasteiger partial charge in [0, 0.05) is 22.6 Å².